The number of aryl methyl sites for hydroxylation is 1. The molecule has 5 nitrogen and oxygen atoms in total. The Morgan fingerprint density at radius 3 is 2.86 bits per heavy atom. The van der Waals surface area contributed by atoms with Crippen LogP contribution in [0.1, 0.15) is 24.6 Å². The maximum Gasteiger partial charge on any atom is 0.227 e. The van der Waals surface area contributed by atoms with Crippen LogP contribution in [0.25, 0.3) is 10.2 Å². The van der Waals surface area contributed by atoms with E-state index in [1.54, 1.807) is 11.3 Å². The molecule has 1 aliphatic rings. The zero-order chi connectivity index (χ0) is 14.7. The molecule has 2 aromatic heterocycles. The molecule has 1 aliphatic heterocycles. The van der Waals surface area contributed by atoms with Gasteiger partial charge in [0, 0.05) is 18.5 Å². The maximum absolute atomic E-state index is 5.96. The highest BCUT2D eigenvalue weighted by atomic mass is 32.1. The molecular formula is C15H22N4OS. The molecule has 0 aromatic carbocycles. The van der Waals surface area contributed by atoms with Crippen LogP contribution in [0, 0.1) is 0 Å². The summed E-state index contributed by atoms with van der Waals surface area (Å²) in [6, 6.07) is 2.16. The summed E-state index contributed by atoms with van der Waals surface area (Å²) in [5.74, 6) is 1.34. The summed E-state index contributed by atoms with van der Waals surface area (Å²) in [7, 11) is 1.84. The first-order chi connectivity index (χ1) is 10.3. The van der Waals surface area contributed by atoms with Crippen LogP contribution < -0.4 is 10.1 Å². The first-order valence-corrected chi connectivity index (χ1v) is 8.45. The molecule has 0 atom stereocenters. The zero-order valence-corrected chi connectivity index (χ0v) is 13.5. The summed E-state index contributed by atoms with van der Waals surface area (Å²) in [6.07, 6.45) is 3.64. The van der Waals surface area contributed by atoms with Crippen molar-refractivity contribution in [2.75, 3.05) is 38.6 Å². The second kappa shape index (κ2) is 6.58. The molecule has 114 valence electrons. The van der Waals surface area contributed by atoms with Gasteiger partial charge < -0.3 is 10.1 Å². The Morgan fingerprint density at radius 2 is 2.14 bits per heavy atom. The minimum absolute atomic E-state index is 0.628. The lowest BCUT2D eigenvalue weighted by Crippen LogP contribution is -2.25. The molecule has 0 unspecified atom stereocenters. The van der Waals surface area contributed by atoms with E-state index in [0.717, 1.165) is 23.2 Å². The van der Waals surface area contributed by atoms with Crippen molar-refractivity contribution < 1.29 is 4.74 Å². The van der Waals surface area contributed by atoms with Gasteiger partial charge >= 0.3 is 0 Å². The topological polar surface area (TPSA) is 50.3 Å². The average molecular weight is 306 g/mol. The molecule has 1 fully saturated rings. The van der Waals surface area contributed by atoms with E-state index >= 15 is 0 Å². The number of aromatic nitrogens is 2. The first kappa shape index (κ1) is 14.5. The Morgan fingerprint density at radius 1 is 1.33 bits per heavy atom. The molecule has 0 saturated carbocycles. The summed E-state index contributed by atoms with van der Waals surface area (Å²) in [5, 5.41) is 4.05. The van der Waals surface area contributed by atoms with E-state index < -0.39 is 0 Å². The van der Waals surface area contributed by atoms with Crippen LogP contribution in [0.15, 0.2) is 6.07 Å². The van der Waals surface area contributed by atoms with Crippen LogP contribution >= 0.6 is 11.3 Å². The van der Waals surface area contributed by atoms with Crippen molar-refractivity contribution in [3.63, 3.8) is 0 Å². The molecule has 1 N–H and O–H groups in total. The number of nitrogens with one attached hydrogen (secondary N) is 1. The third kappa shape index (κ3) is 3.27. The fourth-order valence-electron chi connectivity index (χ4n) is 2.62. The Balaban J connectivity index is 1.76. The monoisotopic (exact) mass is 306 g/mol. The summed E-state index contributed by atoms with van der Waals surface area (Å²) in [5.41, 5.74) is 0. The van der Waals surface area contributed by atoms with E-state index in [1.807, 2.05) is 7.05 Å². The van der Waals surface area contributed by atoms with Gasteiger partial charge in [-0.2, -0.15) is 4.98 Å². The standard InChI is InChI=1S/C15H22N4OS/c1-3-11-10-12-13(17-15(16-2)18-14(12)21-11)20-9-8-19-6-4-5-7-19/h10H,3-9H2,1-2H3,(H,16,17,18). The van der Waals surface area contributed by atoms with E-state index in [-0.39, 0.29) is 0 Å². The molecule has 0 radical (unpaired) electrons. The molecule has 0 amide bonds. The van der Waals surface area contributed by atoms with Crippen LogP contribution in [0.4, 0.5) is 5.95 Å². The van der Waals surface area contributed by atoms with Gasteiger partial charge in [-0.3, -0.25) is 4.90 Å². The predicted molar refractivity (Wildman–Crippen MR) is 87.5 cm³/mol. The fraction of sp³-hybridized carbons (Fsp3) is 0.600. The van der Waals surface area contributed by atoms with E-state index in [1.165, 1.54) is 30.8 Å². The molecule has 3 rings (SSSR count). The van der Waals surface area contributed by atoms with Gasteiger partial charge in [-0.15, -0.1) is 11.3 Å². The van der Waals surface area contributed by atoms with Gasteiger partial charge in [0.15, 0.2) is 0 Å². The highest BCUT2D eigenvalue weighted by Crippen LogP contribution is 2.31. The van der Waals surface area contributed by atoms with Crippen molar-refractivity contribution in [2.24, 2.45) is 0 Å². The number of hydrogen-bond donors (Lipinski definition) is 1. The van der Waals surface area contributed by atoms with Crippen LogP contribution in [0.3, 0.4) is 0 Å². The molecule has 1 saturated heterocycles. The largest absolute Gasteiger partial charge is 0.476 e. The van der Waals surface area contributed by atoms with Gasteiger partial charge in [0.1, 0.15) is 11.4 Å². The zero-order valence-electron chi connectivity index (χ0n) is 12.7. The average Bonchev–Trinajstić information content (AvgIpc) is 3.15. The number of thiophene rings is 1. The number of anilines is 1. The van der Waals surface area contributed by atoms with E-state index in [4.69, 9.17) is 4.74 Å². The highest BCUT2D eigenvalue weighted by molar-refractivity contribution is 7.18. The van der Waals surface area contributed by atoms with Gasteiger partial charge in [0.25, 0.3) is 0 Å². The molecular weight excluding hydrogens is 284 g/mol. The number of hydrogen-bond acceptors (Lipinski definition) is 6. The Bertz CT molecular complexity index is 607. The molecule has 0 aliphatic carbocycles. The molecule has 2 aromatic rings. The van der Waals surface area contributed by atoms with Crippen LogP contribution in [0.5, 0.6) is 5.88 Å². The predicted octanol–water partition coefficient (Wildman–Crippen LogP) is 2.77. The Hall–Kier alpha value is -1.40. The van der Waals surface area contributed by atoms with Gasteiger partial charge in [-0.25, -0.2) is 4.98 Å². The summed E-state index contributed by atoms with van der Waals surface area (Å²) in [6.45, 7) is 6.22. The first-order valence-electron chi connectivity index (χ1n) is 7.63. The quantitative estimate of drug-likeness (QED) is 0.889. The maximum atomic E-state index is 5.96. The number of ether oxygens (including phenoxy) is 1. The molecule has 3 heterocycles. The number of likely N-dealkylation sites (tertiary alicyclic amines) is 1. The smallest absolute Gasteiger partial charge is 0.227 e. The Kier molecular flexibility index (Phi) is 4.55. The lowest BCUT2D eigenvalue weighted by atomic mass is 10.3. The number of rotatable bonds is 6. The van der Waals surface area contributed by atoms with Gasteiger partial charge in [0.2, 0.25) is 11.8 Å². The van der Waals surface area contributed by atoms with Crippen molar-refractivity contribution in [2.45, 2.75) is 26.2 Å². The second-order valence-electron chi connectivity index (χ2n) is 5.28. The van der Waals surface area contributed by atoms with Gasteiger partial charge in [-0.1, -0.05) is 6.92 Å². The third-order valence-corrected chi connectivity index (χ3v) is 5.00. The highest BCUT2D eigenvalue weighted by Gasteiger charge is 2.14. The minimum Gasteiger partial charge on any atom is -0.476 e. The van der Waals surface area contributed by atoms with Crippen molar-refractivity contribution in [1.29, 1.82) is 0 Å². The minimum atomic E-state index is 0.628. The van der Waals surface area contributed by atoms with Gasteiger partial charge in [0.05, 0.1) is 5.39 Å². The second-order valence-corrected chi connectivity index (χ2v) is 6.40. The van der Waals surface area contributed by atoms with Crippen LogP contribution in [0.2, 0.25) is 0 Å². The number of fused-ring (bicyclic) bond motifs is 1. The SMILES string of the molecule is CCc1cc2c(OCCN3CCCC3)nc(NC)nc2s1. The van der Waals surface area contributed by atoms with Gasteiger partial charge in [-0.05, 0) is 38.4 Å². The van der Waals surface area contributed by atoms with E-state index in [2.05, 4.69) is 33.2 Å². The van der Waals surface area contributed by atoms with Crippen molar-refractivity contribution in [1.82, 2.24) is 14.9 Å². The lowest BCUT2D eigenvalue weighted by molar-refractivity contribution is 0.234. The van der Waals surface area contributed by atoms with E-state index in [0.29, 0.717) is 18.4 Å². The van der Waals surface area contributed by atoms with Crippen LogP contribution in [-0.4, -0.2) is 48.2 Å². The summed E-state index contributed by atoms with van der Waals surface area (Å²) >= 11 is 1.72. The normalized spacial score (nSPS) is 15.7. The Labute approximate surface area is 129 Å². The summed E-state index contributed by atoms with van der Waals surface area (Å²) < 4.78 is 5.96. The number of nitrogens with zero attached hydrogens (tertiary/aromatic N) is 3. The molecule has 6 heteroatoms. The third-order valence-electron chi connectivity index (χ3n) is 3.83. The van der Waals surface area contributed by atoms with Crippen molar-refractivity contribution in [3.8, 4) is 5.88 Å². The van der Waals surface area contributed by atoms with Crippen molar-refractivity contribution in [3.05, 3.63) is 10.9 Å². The molecule has 21 heavy (non-hydrogen) atoms. The van der Waals surface area contributed by atoms with E-state index in [9.17, 15) is 0 Å². The van der Waals surface area contributed by atoms with Crippen LogP contribution in [-0.2, 0) is 6.42 Å². The lowest BCUT2D eigenvalue weighted by Gasteiger charge is -2.15. The van der Waals surface area contributed by atoms with Crippen molar-refractivity contribution >= 4 is 27.5 Å². The summed E-state index contributed by atoms with van der Waals surface area (Å²) in [4.78, 5) is 13.8. The molecule has 0 spiro atoms. The fourth-order valence-corrected chi connectivity index (χ4v) is 3.58. The molecule has 0 bridgehead atoms.